The van der Waals surface area contributed by atoms with Crippen molar-refractivity contribution >= 4 is 11.7 Å². The molecule has 4 fully saturated rings. The Kier molecular flexibility index (Phi) is 5.06. The topological polar surface area (TPSA) is 68.8 Å². The van der Waals surface area contributed by atoms with Gasteiger partial charge in [0, 0.05) is 18.2 Å². The summed E-state index contributed by atoms with van der Waals surface area (Å²) in [4.78, 5) is 12.7. The fourth-order valence-corrected chi connectivity index (χ4v) is 6.38. The molecule has 4 aliphatic carbocycles. The number of ether oxygens (including phenoxy) is 3. The Morgan fingerprint density at radius 3 is 1.89 bits per heavy atom. The van der Waals surface area contributed by atoms with E-state index in [2.05, 4.69) is 17.6 Å². The minimum atomic E-state index is -0.183. The average molecular weight is 389 g/mol. The van der Waals surface area contributed by atoms with Gasteiger partial charge in [-0.2, -0.15) is 0 Å². The molecule has 5 rings (SSSR count). The second-order valence-corrected chi connectivity index (χ2v) is 9.01. The Morgan fingerprint density at radius 1 is 0.964 bits per heavy atom. The Hall–Kier alpha value is -2.11. The van der Waals surface area contributed by atoms with Crippen molar-refractivity contribution in [1.82, 2.24) is 5.32 Å². The van der Waals surface area contributed by atoms with Crippen LogP contribution < -0.4 is 24.8 Å². The quantitative estimate of drug-likeness (QED) is 0.756. The smallest absolute Gasteiger partial charge is 0.319 e. The number of benzene rings is 1. The number of anilines is 1. The molecule has 0 radical (unpaired) electrons. The summed E-state index contributed by atoms with van der Waals surface area (Å²) in [6.07, 6.45) is 8.02. The van der Waals surface area contributed by atoms with Crippen molar-refractivity contribution in [2.75, 3.05) is 26.6 Å². The van der Waals surface area contributed by atoms with Crippen molar-refractivity contribution in [3.63, 3.8) is 0 Å². The molecule has 154 valence electrons. The SMILES string of the molecule is COc1cc(NC(=O)NC(C)C23CC4CC(CC(C4)C2)C3)cc(OC)c1OC. The summed E-state index contributed by atoms with van der Waals surface area (Å²) in [7, 11) is 4.69. The van der Waals surface area contributed by atoms with Crippen molar-refractivity contribution in [3.05, 3.63) is 12.1 Å². The number of hydrogen-bond donors (Lipinski definition) is 2. The van der Waals surface area contributed by atoms with Gasteiger partial charge in [-0.25, -0.2) is 4.79 Å². The molecule has 28 heavy (non-hydrogen) atoms. The van der Waals surface area contributed by atoms with Gasteiger partial charge in [0.2, 0.25) is 5.75 Å². The van der Waals surface area contributed by atoms with E-state index >= 15 is 0 Å². The van der Waals surface area contributed by atoms with Crippen LogP contribution in [-0.2, 0) is 0 Å². The number of carbonyl (C=O) groups is 1. The fourth-order valence-electron chi connectivity index (χ4n) is 6.38. The van der Waals surface area contributed by atoms with Crippen LogP contribution in [0.5, 0.6) is 17.2 Å². The number of amides is 2. The van der Waals surface area contributed by atoms with Crippen LogP contribution in [0.2, 0.25) is 0 Å². The molecule has 1 aromatic rings. The van der Waals surface area contributed by atoms with Gasteiger partial charge in [-0.05, 0) is 68.6 Å². The highest BCUT2D eigenvalue weighted by atomic mass is 16.5. The summed E-state index contributed by atoms with van der Waals surface area (Å²) in [6.45, 7) is 2.18. The van der Waals surface area contributed by atoms with Crippen molar-refractivity contribution in [2.24, 2.45) is 23.2 Å². The maximum atomic E-state index is 12.7. The molecule has 1 unspecified atom stereocenters. The summed E-state index contributed by atoms with van der Waals surface area (Å²) in [5.74, 6) is 4.16. The van der Waals surface area contributed by atoms with E-state index < -0.39 is 0 Å². The molecule has 0 saturated heterocycles. The molecule has 6 heteroatoms. The number of urea groups is 1. The standard InChI is InChI=1S/C22H32N2O4/c1-13(22-10-14-5-15(11-22)7-16(6-14)12-22)23-21(25)24-17-8-18(26-2)20(28-4)19(9-17)27-3/h8-9,13-16H,5-7,10-12H2,1-4H3,(H2,23,24,25). The predicted octanol–water partition coefficient (Wildman–Crippen LogP) is 4.44. The Bertz CT molecular complexity index is 688. The molecule has 4 saturated carbocycles. The summed E-state index contributed by atoms with van der Waals surface area (Å²) < 4.78 is 16.1. The first kappa shape index (κ1) is 19.2. The number of nitrogens with one attached hydrogen (secondary N) is 2. The van der Waals surface area contributed by atoms with Crippen LogP contribution in [0.4, 0.5) is 10.5 Å². The van der Waals surface area contributed by atoms with E-state index in [1.54, 1.807) is 33.5 Å². The predicted molar refractivity (Wildman–Crippen MR) is 108 cm³/mol. The first-order valence-corrected chi connectivity index (χ1v) is 10.3. The lowest BCUT2D eigenvalue weighted by molar-refractivity contribution is -0.0679. The number of rotatable bonds is 6. The lowest BCUT2D eigenvalue weighted by Gasteiger charge is -2.59. The number of hydrogen-bond acceptors (Lipinski definition) is 4. The number of methoxy groups -OCH3 is 3. The molecule has 1 aromatic carbocycles. The summed E-state index contributed by atoms with van der Waals surface area (Å²) in [6, 6.07) is 3.48. The van der Waals surface area contributed by atoms with Crippen LogP contribution in [-0.4, -0.2) is 33.4 Å². The van der Waals surface area contributed by atoms with E-state index in [0.717, 1.165) is 17.8 Å². The molecule has 0 aliphatic heterocycles. The second kappa shape index (κ2) is 7.37. The molecule has 2 N–H and O–H groups in total. The van der Waals surface area contributed by atoms with Gasteiger partial charge in [-0.1, -0.05) is 0 Å². The molecule has 0 spiro atoms. The highest BCUT2D eigenvalue weighted by Crippen LogP contribution is 2.61. The van der Waals surface area contributed by atoms with Crippen molar-refractivity contribution in [1.29, 1.82) is 0 Å². The molecule has 1 atom stereocenters. The van der Waals surface area contributed by atoms with E-state index in [-0.39, 0.29) is 17.5 Å². The maximum Gasteiger partial charge on any atom is 0.319 e. The molecular weight excluding hydrogens is 356 g/mol. The van der Waals surface area contributed by atoms with Crippen molar-refractivity contribution in [2.45, 2.75) is 51.5 Å². The lowest BCUT2D eigenvalue weighted by Crippen LogP contribution is -2.56. The second-order valence-electron chi connectivity index (χ2n) is 9.01. The lowest BCUT2D eigenvalue weighted by atomic mass is 9.48. The Morgan fingerprint density at radius 2 is 1.46 bits per heavy atom. The van der Waals surface area contributed by atoms with Crippen molar-refractivity contribution in [3.8, 4) is 17.2 Å². The highest BCUT2D eigenvalue weighted by molar-refractivity contribution is 5.90. The zero-order chi connectivity index (χ0) is 19.9. The monoisotopic (exact) mass is 388 g/mol. The van der Waals surface area contributed by atoms with E-state index in [0.29, 0.717) is 22.9 Å². The van der Waals surface area contributed by atoms with Gasteiger partial charge >= 0.3 is 6.03 Å². The van der Waals surface area contributed by atoms with Crippen LogP contribution in [0.25, 0.3) is 0 Å². The Labute approximate surface area is 167 Å². The number of carbonyl (C=O) groups excluding carboxylic acids is 1. The summed E-state index contributed by atoms with van der Waals surface area (Å²) in [5, 5.41) is 6.17. The minimum Gasteiger partial charge on any atom is -0.493 e. The third-order valence-corrected chi connectivity index (χ3v) is 7.27. The average Bonchev–Trinajstić information content (AvgIpc) is 2.65. The molecule has 0 aromatic heterocycles. The van der Waals surface area contributed by atoms with Gasteiger partial charge in [0.15, 0.2) is 11.5 Å². The van der Waals surface area contributed by atoms with Crippen LogP contribution in [0.15, 0.2) is 12.1 Å². The largest absolute Gasteiger partial charge is 0.493 e. The molecular formula is C22H32N2O4. The summed E-state index contributed by atoms with van der Waals surface area (Å²) >= 11 is 0. The third kappa shape index (κ3) is 3.38. The van der Waals surface area contributed by atoms with E-state index in [9.17, 15) is 4.79 Å². The zero-order valence-corrected chi connectivity index (χ0v) is 17.3. The van der Waals surface area contributed by atoms with Crippen LogP contribution in [0.1, 0.15) is 45.4 Å². The molecule has 4 aliphatic rings. The van der Waals surface area contributed by atoms with Gasteiger partial charge in [0.25, 0.3) is 0 Å². The van der Waals surface area contributed by atoms with Crippen molar-refractivity contribution < 1.29 is 19.0 Å². The van der Waals surface area contributed by atoms with Crippen LogP contribution in [0, 0.1) is 23.2 Å². The van der Waals surface area contributed by atoms with E-state index in [4.69, 9.17) is 14.2 Å². The normalized spacial score (nSPS) is 31.2. The maximum absolute atomic E-state index is 12.7. The highest BCUT2D eigenvalue weighted by Gasteiger charge is 2.53. The Balaban J connectivity index is 1.45. The zero-order valence-electron chi connectivity index (χ0n) is 17.3. The fraction of sp³-hybridized carbons (Fsp3) is 0.682. The van der Waals surface area contributed by atoms with Gasteiger partial charge in [0.05, 0.1) is 27.0 Å². The van der Waals surface area contributed by atoms with Gasteiger partial charge in [-0.3, -0.25) is 0 Å². The van der Waals surface area contributed by atoms with E-state index in [1.165, 1.54) is 38.5 Å². The van der Waals surface area contributed by atoms with Crippen LogP contribution >= 0.6 is 0 Å². The van der Waals surface area contributed by atoms with Crippen LogP contribution in [0.3, 0.4) is 0 Å². The first-order valence-electron chi connectivity index (χ1n) is 10.3. The molecule has 4 bridgehead atoms. The molecule has 0 heterocycles. The molecule has 6 nitrogen and oxygen atoms in total. The first-order chi connectivity index (χ1) is 13.5. The summed E-state index contributed by atoms with van der Waals surface area (Å²) in [5.41, 5.74) is 0.895. The minimum absolute atomic E-state index is 0.169. The van der Waals surface area contributed by atoms with Gasteiger partial charge in [-0.15, -0.1) is 0 Å². The van der Waals surface area contributed by atoms with Gasteiger partial charge in [0.1, 0.15) is 0 Å². The molecule has 2 amide bonds. The van der Waals surface area contributed by atoms with E-state index in [1.807, 2.05) is 0 Å². The van der Waals surface area contributed by atoms with Gasteiger partial charge < -0.3 is 24.8 Å². The third-order valence-electron chi connectivity index (χ3n) is 7.27.